The average Bonchev–Trinajstić information content (AvgIpc) is 2.86. The van der Waals surface area contributed by atoms with Crippen molar-refractivity contribution >= 4 is 17.6 Å². The second-order valence-electron chi connectivity index (χ2n) is 3.98. The molecule has 2 aromatic rings. The summed E-state index contributed by atoms with van der Waals surface area (Å²) in [6.45, 7) is 0.111. The van der Waals surface area contributed by atoms with Crippen LogP contribution in [0.5, 0.6) is 0 Å². The zero-order valence-corrected chi connectivity index (χ0v) is 10.2. The van der Waals surface area contributed by atoms with Crippen LogP contribution in [-0.4, -0.2) is 17.0 Å². The van der Waals surface area contributed by atoms with Gasteiger partial charge in [-0.2, -0.15) is 0 Å². The molecular weight excluding hydrogens is 267 g/mol. The van der Waals surface area contributed by atoms with Crippen LogP contribution in [0.15, 0.2) is 34.7 Å². The number of hydrogen-bond acceptors (Lipinski definition) is 4. The van der Waals surface area contributed by atoms with Crippen LogP contribution in [0.4, 0.5) is 10.1 Å². The van der Waals surface area contributed by atoms with Gasteiger partial charge in [0.1, 0.15) is 11.6 Å². The van der Waals surface area contributed by atoms with Crippen molar-refractivity contribution < 1.29 is 23.5 Å². The molecule has 0 saturated carbocycles. The van der Waals surface area contributed by atoms with Crippen LogP contribution < -0.4 is 11.1 Å². The van der Waals surface area contributed by atoms with Crippen LogP contribution in [0, 0.1) is 5.82 Å². The standard InChI is InChI=1S/C13H11FN2O4/c14-9-5-7(12(15)17)1-3-10(9)16-6-8-2-4-11(20-8)13(18)19/h1-5,16H,6H2,(H2,15,17)(H,18,19). The van der Waals surface area contributed by atoms with Crippen molar-refractivity contribution in [2.24, 2.45) is 5.73 Å². The largest absolute Gasteiger partial charge is 0.475 e. The minimum atomic E-state index is -1.17. The third kappa shape index (κ3) is 2.94. The molecule has 6 nitrogen and oxygen atoms in total. The predicted octanol–water partition coefficient (Wildman–Crippen LogP) is 1.83. The van der Waals surface area contributed by atoms with Gasteiger partial charge in [0.15, 0.2) is 0 Å². The molecule has 1 heterocycles. The van der Waals surface area contributed by atoms with E-state index < -0.39 is 17.7 Å². The lowest BCUT2D eigenvalue weighted by Crippen LogP contribution is -2.11. The number of halogens is 1. The number of carbonyl (C=O) groups is 2. The van der Waals surface area contributed by atoms with E-state index in [0.717, 1.165) is 6.07 Å². The molecule has 0 aliphatic carbocycles. The Hall–Kier alpha value is -2.83. The topological polar surface area (TPSA) is 106 Å². The third-order valence-corrected chi connectivity index (χ3v) is 2.58. The highest BCUT2D eigenvalue weighted by atomic mass is 19.1. The van der Waals surface area contributed by atoms with Crippen LogP contribution in [-0.2, 0) is 6.54 Å². The van der Waals surface area contributed by atoms with E-state index in [1.165, 1.54) is 24.3 Å². The number of hydrogen-bond donors (Lipinski definition) is 3. The third-order valence-electron chi connectivity index (χ3n) is 2.58. The molecule has 1 amide bonds. The first-order valence-electron chi connectivity index (χ1n) is 5.62. The molecule has 20 heavy (non-hydrogen) atoms. The second kappa shape index (κ2) is 5.43. The number of primary amides is 1. The molecule has 0 unspecified atom stereocenters. The maximum atomic E-state index is 13.7. The fourth-order valence-corrected chi connectivity index (χ4v) is 1.58. The molecule has 0 aliphatic rings. The molecule has 4 N–H and O–H groups in total. The summed E-state index contributed by atoms with van der Waals surface area (Å²) in [6, 6.07) is 6.57. The summed E-state index contributed by atoms with van der Waals surface area (Å²) >= 11 is 0. The number of carboxylic acid groups (broad SMARTS) is 1. The van der Waals surface area contributed by atoms with Crippen LogP contribution in [0.25, 0.3) is 0 Å². The lowest BCUT2D eigenvalue weighted by molar-refractivity contribution is 0.0660. The van der Waals surface area contributed by atoms with Crippen LogP contribution in [0.3, 0.4) is 0 Å². The maximum Gasteiger partial charge on any atom is 0.371 e. The molecule has 0 aliphatic heterocycles. The molecule has 0 saturated heterocycles. The smallest absolute Gasteiger partial charge is 0.371 e. The molecule has 7 heteroatoms. The molecule has 0 atom stereocenters. The van der Waals surface area contributed by atoms with E-state index in [1.807, 2.05) is 0 Å². The summed E-state index contributed by atoms with van der Waals surface area (Å²) in [5, 5.41) is 11.4. The van der Waals surface area contributed by atoms with Crippen LogP contribution in [0.1, 0.15) is 26.7 Å². The van der Waals surface area contributed by atoms with Gasteiger partial charge < -0.3 is 20.6 Å². The average molecular weight is 278 g/mol. The fourth-order valence-electron chi connectivity index (χ4n) is 1.58. The molecular formula is C13H11FN2O4. The van der Waals surface area contributed by atoms with Gasteiger partial charge in [-0.3, -0.25) is 4.79 Å². The summed E-state index contributed by atoms with van der Waals surface area (Å²) in [5.41, 5.74) is 5.26. The zero-order valence-electron chi connectivity index (χ0n) is 10.2. The molecule has 104 valence electrons. The van der Waals surface area contributed by atoms with Crippen molar-refractivity contribution in [3.63, 3.8) is 0 Å². The van der Waals surface area contributed by atoms with Gasteiger partial charge in [-0.25, -0.2) is 9.18 Å². The number of nitrogens with two attached hydrogens (primary N) is 1. The predicted molar refractivity (Wildman–Crippen MR) is 67.9 cm³/mol. The van der Waals surface area contributed by atoms with E-state index in [2.05, 4.69) is 5.32 Å². The number of furan rings is 1. The minimum Gasteiger partial charge on any atom is -0.475 e. The quantitative estimate of drug-likeness (QED) is 0.773. The number of aromatic carboxylic acids is 1. The summed E-state index contributed by atoms with van der Waals surface area (Å²) < 4.78 is 18.7. The summed E-state index contributed by atoms with van der Waals surface area (Å²) in [7, 11) is 0. The number of carboxylic acids is 1. The van der Waals surface area contributed by atoms with Crippen LogP contribution >= 0.6 is 0 Å². The van der Waals surface area contributed by atoms with Gasteiger partial charge in [-0.15, -0.1) is 0 Å². The number of nitrogens with one attached hydrogen (secondary N) is 1. The summed E-state index contributed by atoms with van der Waals surface area (Å²) in [4.78, 5) is 21.5. The van der Waals surface area contributed by atoms with E-state index >= 15 is 0 Å². The first-order valence-corrected chi connectivity index (χ1v) is 5.62. The van der Waals surface area contributed by atoms with Crippen molar-refractivity contribution in [3.05, 3.63) is 53.2 Å². The number of carbonyl (C=O) groups excluding carboxylic acids is 1. The first-order chi connectivity index (χ1) is 9.47. The zero-order chi connectivity index (χ0) is 14.7. The number of benzene rings is 1. The molecule has 1 aromatic heterocycles. The molecule has 0 fully saturated rings. The molecule has 0 radical (unpaired) electrons. The Morgan fingerprint density at radius 3 is 2.60 bits per heavy atom. The number of rotatable bonds is 5. The van der Waals surface area contributed by atoms with Gasteiger partial charge in [-0.1, -0.05) is 0 Å². The molecule has 0 bridgehead atoms. The molecule has 0 spiro atoms. The SMILES string of the molecule is NC(=O)c1ccc(NCc2ccc(C(=O)O)o2)c(F)c1. The Balaban J connectivity index is 2.06. The van der Waals surface area contributed by atoms with E-state index in [4.69, 9.17) is 15.3 Å². The lowest BCUT2D eigenvalue weighted by Gasteiger charge is -2.06. The van der Waals surface area contributed by atoms with Crippen LogP contribution in [0.2, 0.25) is 0 Å². The van der Waals surface area contributed by atoms with E-state index in [9.17, 15) is 14.0 Å². The highest BCUT2D eigenvalue weighted by Crippen LogP contribution is 2.17. The summed E-state index contributed by atoms with van der Waals surface area (Å²) in [6.07, 6.45) is 0. The highest BCUT2D eigenvalue weighted by molar-refractivity contribution is 5.93. The Kier molecular flexibility index (Phi) is 3.69. The fraction of sp³-hybridized carbons (Fsp3) is 0.0769. The molecule has 2 rings (SSSR count). The lowest BCUT2D eigenvalue weighted by atomic mass is 10.2. The first kappa shape index (κ1) is 13.6. The van der Waals surface area contributed by atoms with Gasteiger partial charge in [0.2, 0.25) is 11.7 Å². The van der Waals surface area contributed by atoms with E-state index in [-0.39, 0.29) is 23.6 Å². The van der Waals surface area contributed by atoms with Crippen molar-refractivity contribution in [1.82, 2.24) is 0 Å². The van der Waals surface area contributed by atoms with E-state index in [0.29, 0.717) is 5.76 Å². The monoisotopic (exact) mass is 278 g/mol. The van der Waals surface area contributed by atoms with Crippen molar-refractivity contribution in [3.8, 4) is 0 Å². The minimum absolute atomic E-state index is 0.0687. The van der Waals surface area contributed by atoms with Crippen molar-refractivity contribution in [2.45, 2.75) is 6.54 Å². The summed E-state index contributed by atoms with van der Waals surface area (Å²) in [5.74, 6) is -2.36. The van der Waals surface area contributed by atoms with Gasteiger partial charge in [0.05, 0.1) is 12.2 Å². The van der Waals surface area contributed by atoms with Crippen molar-refractivity contribution in [1.29, 1.82) is 0 Å². The molecule has 1 aromatic carbocycles. The highest BCUT2D eigenvalue weighted by Gasteiger charge is 2.10. The van der Waals surface area contributed by atoms with Gasteiger partial charge in [-0.05, 0) is 30.3 Å². The second-order valence-corrected chi connectivity index (χ2v) is 3.98. The van der Waals surface area contributed by atoms with Gasteiger partial charge in [0, 0.05) is 5.56 Å². The Morgan fingerprint density at radius 1 is 1.30 bits per heavy atom. The maximum absolute atomic E-state index is 13.7. The Morgan fingerprint density at radius 2 is 2.05 bits per heavy atom. The van der Waals surface area contributed by atoms with Gasteiger partial charge >= 0.3 is 5.97 Å². The van der Waals surface area contributed by atoms with E-state index in [1.54, 1.807) is 0 Å². The van der Waals surface area contributed by atoms with Gasteiger partial charge in [0.25, 0.3) is 0 Å². The number of anilines is 1. The Bertz CT molecular complexity index is 666. The normalized spacial score (nSPS) is 10.2. The number of amides is 1. The van der Waals surface area contributed by atoms with Crippen molar-refractivity contribution in [2.75, 3.05) is 5.32 Å². The Labute approximate surface area is 113 Å².